The fraction of sp³-hybridized carbons (Fsp3) is 0.409. The summed E-state index contributed by atoms with van der Waals surface area (Å²) < 4.78 is 39.2. The second kappa shape index (κ2) is 9.57. The molecule has 0 aromatic heterocycles. The van der Waals surface area contributed by atoms with Gasteiger partial charge in [-0.3, -0.25) is 14.0 Å². The summed E-state index contributed by atoms with van der Waals surface area (Å²) >= 11 is 0. The van der Waals surface area contributed by atoms with E-state index in [1.54, 1.807) is 0 Å². The van der Waals surface area contributed by atoms with Crippen LogP contribution >= 0.6 is 0 Å². The van der Waals surface area contributed by atoms with E-state index in [2.05, 4.69) is 16.3 Å². The first-order valence-electron chi connectivity index (χ1n) is 10.1. The number of likely N-dealkylation sites (tertiary alicyclic amines) is 1. The number of sulfonamides is 1. The molecule has 8 heteroatoms. The van der Waals surface area contributed by atoms with E-state index >= 15 is 0 Å². The monoisotopic (exact) mass is 433 g/mol. The summed E-state index contributed by atoms with van der Waals surface area (Å²) in [7, 11) is -3.79. The topological polar surface area (TPSA) is 69.7 Å². The van der Waals surface area contributed by atoms with Gasteiger partial charge in [-0.2, -0.15) is 0 Å². The molecule has 162 valence electrons. The number of benzene rings is 2. The van der Waals surface area contributed by atoms with Gasteiger partial charge in [0.2, 0.25) is 15.9 Å². The van der Waals surface area contributed by atoms with Crippen molar-refractivity contribution in [1.82, 2.24) is 10.2 Å². The molecule has 1 saturated heterocycles. The quantitative estimate of drug-likeness (QED) is 0.695. The van der Waals surface area contributed by atoms with Gasteiger partial charge >= 0.3 is 0 Å². The highest BCUT2D eigenvalue weighted by molar-refractivity contribution is 7.92. The third-order valence-electron chi connectivity index (χ3n) is 5.32. The minimum Gasteiger partial charge on any atom is -0.350 e. The van der Waals surface area contributed by atoms with Crippen LogP contribution in [0.1, 0.15) is 30.9 Å². The maximum atomic E-state index is 13.6. The van der Waals surface area contributed by atoms with Gasteiger partial charge in [-0.15, -0.1) is 0 Å². The van der Waals surface area contributed by atoms with Crippen LogP contribution in [0.2, 0.25) is 0 Å². The number of carbonyl (C=O) groups is 1. The van der Waals surface area contributed by atoms with Gasteiger partial charge in [-0.25, -0.2) is 12.8 Å². The standard InChI is InChI=1S/C22H28FN3O3S/c1-17(26(30(2,28)29)21-11-7-10-20(23)14-21)22(27)24-15-18-8-3-4-9-19(18)16-25-12-5-6-13-25/h3-4,7-11,14,17H,5-6,12-13,15-16H2,1-2H3,(H,24,27)/t17-/m1/s1. The van der Waals surface area contributed by atoms with Crippen LogP contribution in [0, 0.1) is 5.82 Å². The molecule has 0 saturated carbocycles. The van der Waals surface area contributed by atoms with E-state index in [1.165, 1.54) is 38.0 Å². The van der Waals surface area contributed by atoms with Crippen molar-refractivity contribution in [2.24, 2.45) is 0 Å². The fourth-order valence-corrected chi connectivity index (χ4v) is 4.98. The molecule has 2 aromatic rings. The summed E-state index contributed by atoms with van der Waals surface area (Å²) in [6, 6.07) is 12.1. The summed E-state index contributed by atoms with van der Waals surface area (Å²) in [5, 5.41) is 2.84. The first kappa shape index (κ1) is 22.2. The number of amides is 1. The molecule has 0 radical (unpaired) electrons. The number of nitrogens with zero attached hydrogens (tertiary/aromatic N) is 2. The normalized spacial score (nSPS) is 15.7. The van der Waals surface area contributed by atoms with E-state index in [1.807, 2.05) is 18.2 Å². The van der Waals surface area contributed by atoms with Crippen LogP contribution in [-0.4, -0.2) is 44.6 Å². The third kappa shape index (κ3) is 5.58. The lowest BCUT2D eigenvalue weighted by molar-refractivity contribution is -0.122. The Labute approximate surface area is 177 Å². The zero-order valence-electron chi connectivity index (χ0n) is 17.3. The Balaban J connectivity index is 1.72. The van der Waals surface area contributed by atoms with Crippen molar-refractivity contribution in [1.29, 1.82) is 0 Å². The molecule has 1 heterocycles. The van der Waals surface area contributed by atoms with Gasteiger partial charge in [0.25, 0.3) is 0 Å². The van der Waals surface area contributed by atoms with E-state index in [-0.39, 0.29) is 5.69 Å². The molecule has 2 aromatic carbocycles. The number of hydrogen-bond acceptors (Lipinski definition) is 4. The largest absolute Gasteiger partial charge is 0.350 e. The van der Waals surface area contributed by atoms with E-state index in [9.17, 15) is 17.6 Å². The summed E-state index contributed by atoms with van der Waals surface area (Å²) in [5.74, 6) is -1.01. The van der Waals surface area contributed by atoms with Crippen LogP contribution in [0.4, 0.5) is 10.1 Å². The van der Waals surface area contributed by atoms with Gasteiger partial charge in [-0.1, -0.05) is 30.3 Å². The second-order valence-corrected chi connectivity index (χ2v) is 9.54. The van der Waals surface area contributed by atoms with Crippen molar-refractivity contribution < 1.29 is 17.6 Å². The van der Waals surface area contributed by atoms with Crippen LogP contribution in [0.5, 0.6) is 0 Å². The minimum atomic E-state index is -3.79. The lowest BCUT2D eigenvalue weighted by Gasteiger charge is -2.28. The fourth-order valence-electron chi connectivity index (χ4n) is 3.82. The number of nitrogens with one attached hydrogen (secondary N) is 1. The van der Waals surface area contributed by atoms with Gasteiger partial charge in [-0.05, 0) is 62.2 Å². The third-order valence-corrected chi connectivity index (χ3v) is 6.56. The Morgan fingerprint density at radius 1 is 1.13 bits per heavy atom. The van der Waals surface area contributed by atoms with E-state index in [4.69, 9.17) is 0 Å². The van der Waals surface area contributed by atoms with Crippen molar-refractivity contribution >= 4 is 21.6 Å². The second-order valence-electron chi connectivity index (χ2n) is 7.68. The Bertz CT molecular complexity index is 991. The predicted octanol–water partition coefficient (Wildman–Crippen LogP) is 2.89. The highest BCUT2D eigenvalue weighted by Crippen LogP contribution is 2.22. The lowest BCUT2D eigenvalue weighted by Crippen LogP contribution is -2.47. The van der Waals surface area contributed by atoms with Gasteiger partial charge in [0.05, 0.1) is 11.9 Å². The Morgan fingerprint density at radius 3 is 2.43 bits per heavy atom. The molecule has 3 rings (SSSR count). The molecule has 6 nitrogen and oxygen atoms in total. The smallest absolute Gasteiger partial charge is 0.243 e. The molecule has 1 amide bonds. The van der Waals surface area contributed by atoms with Crippen LogP contribution in [-0.2, 0) is 27.9 Å². The van der Waals surface area contributed by atoms with Crippen LogP contribution in [0.3, 0.4) is 0 Å². The number of hydrogen-bond donors (Lipinski definition) is 1. The minimum absolute atomic E-state index is 0.120. The molecular weight excluding hydrogens is 405 g/mol. The first-order chi connectivity index (χ1) is 14.3. The zero-order chi connectivity index (χ0) is 21.7. The van der Waals surface area contributed by atoms with Crippen molar-refractivity contribution in [3.63, 3.8) is 0 Å². The van der Waals surface area contributed by atoms with Crippen LogP contribution in [0.25, 0.3) is 0 Å². The van der Waals surface area contributed by atoms with Crippen LogP contribution in [0.15, 0.2) is 48.5 Å². The molecule has 1 aliphatic rings. The average molecular weight is 434 g/mol. The molecule has 1 aliphatic heterocycles. The number of halogens is 1. The van der Waals surface area contributed by atoms with Gasteiger partial charge in [0.1, 0.15) is 11.9 Å². The highest BCUT2D eigenvalue weighted by Gasteiger charge is 2.29. The molecule has 1 atom stereocenters. The Morgan fingerprint density at radius 2 is 1.80 bits per heavy atom. The molecule has 1 fully saturated rings. The average Bonchev–Trinajstić information content (AvgIpc) is 3.19. The molecule has 30 heavy (non-hydrogen) atoms. The van der Waals surface area contributed by atoms with Crippen molar-refractivity contribution in [3.05, 3.63) is 65.5 Å². The molecule has 1 N–H and O–H groups in total. The van der Waals surface area contributed by atoms with E-state index in [0.717, 1.165) is 47.4 Å². The number of carbonyl (C=O) groups excluding carboxylic acids is 1. The van der Waals surface area contributed by atoms with Gasteiger partial charge in [0.15, 0.2) is 0 Å². The Kier molecular flexibility index (Phi) is 7.10. The Hall–Kier alpha value is -2.45. The summed E-state index contributed by atoms with van der Waals surface area (Å²) in [5.41, 5.74) is 2.27. The summed E-state index contributed by atoms with van der Waals surface area (Å²) in [6.07, 6.45) is 3.42. The molecule has 0 spiro atoms. The molecule has 0 aliphatic carbocycles. The van der Waals surface area contributed by atoms with Crippen molar-refractivity contribution in [2.45, 2.75) is 38.9 Å². The van der Waals surface area contributed by atoms with E-state index in [0.29, 0.717) is 6.54 Å². The van der Waals surface area contributed by atoms with E-state index < -0.39 is 27.8 Å². The van der Waals surface area contributed by atoms with Crippen molar-refractivity contribution in [2.75, 3.05) is 23.7 Å². The lowest BCUT2D eigenvalue weighted by atomic mass is 10.1. The molecular formula is C22H28FN3O3S. The summed E-state index contributed by atoms with van der Waals surface area (Å²) in [4.78, 5) is 15.2. The predicted molar refractivity (Wildman–Crippen MR) is 116 cm³/mol. The van der Waals surface area contributed by atoms with Crippen molar-refractivity contribution in [3.8, 4) is 0 Å². The van der Waals surface area contributed by atoms with Gasteiger partial charge < -0.3 is 5.32 Å². The maximum Gasteiger partial charge on any atom is 0.243 e. The first-order valence-corrected chi connectivity index (χ1v) is 11.9. The maximum absolute atomic E-state index is 13.6. The molecule has 0 unspecified atom stereocenters. The number of rotatable bonds is 8. The summed E-state index contributed by atoms with van der Waals surface area (Å²) in [6.45, 7) is 4.79. The highest BCUT2D eigenvalue weighted by atomic mass is 32.2. The number of anilines is 1. The zero-order valence-corrected chi connectivity index (χ0v) is 18.2. The van der Waals surface area contributed by atoms with Crippen LogP contribution < -0.4 is 9.62 Å². The molecule has 0 bridgehead atoms. The SMILES string of the molecule is C[C@H](C(=O)NCc1ccccc1CN1CCCC1)N(c1cccc(F)c1)S(C)(=O)=O. The van der Waals surface area contributed by atoms with Gasteiger partial charge in [0, 0.05) is 13.1 Å².